The predicted octanol–water partition coefficient (Wildman–Crippen LogP) is 4.26. The van der Waals surface area contributed by atoms with E-state index in [4.69, 9.17) is 18.1 Å². The van der Waals surface area contributed by atoms with E-state index in [0.29, 0.717) is 11.3 Å². The molecule has 0 saturated carbocycles. The average Bonchev–Trinajstić information content (AvgIpc) is 2.80. The summed E-state index contributed by atoms with van der Waals surface area (Å²) in [6.45, 7) is 1.81. The molecule has 0 spiro atoms. The number of fused-ring (bicyclic) bond motifs is 1. The highest BCUT2D eigenvalue weighted by molar-refractivity contribution is 7.87. The van der Waals surface area contributed by atoms with Crippen LogP contribution in [0, 0.1) is 6.92 Å². The second-order valence-electron chi connectivity index (χ2n) is 7.18. The highest BCUT2D eigenvalue weighted by atomic mass is 32.2. The molecule has 4 aromatic rings. The number of aryl methyl sites for hydroxylation is 1. The largest absolute Gasteiger partial charge is 0.502 e. The number of ether oxygens (including phenoxy) is 2. The number of methoxy groups -OCH3 is 2. The van der Waals surface area contributed by atoms with E-state index in [1.54, 1.807) is 36.4 Å². The van der Waals surface area contributed by atoms with Crippen molar-refractivity contribution in [1.82, 2.24) is 0 Å². The van der Waals surface area contributed by atoms with Crippen LogP contribution < -0.4 is 19.1 Å². The quantitative estimate of drug-likeness (QED) is 0.418. The number of benzene rings is 3. The smallest absolute Gasteiger partial charge is 0.339 e. The molecular formula is C24H20O8S. The molecule has 0 atom stereocenters. The van der Waals surface area contributed by atoms with Gasteiger partial charge in [-0.1, -0.05) is 17.7 Å². The third kappa shape index (κ3) is 4.22. The topological polar surface area (TPSA) is 112 Å². The zero-order valence-electron chi connectivity index (χ0n) is 18.0. The number of hydrogen-bond acceptors (Lipinski definition) is 8. The second-order valence-corrected chi connectivity index (χ2v) is 8.73. The van der Waals surface area contributed by atoms with Gasteiger partial charge in [0.1, 0.15) is 27.4 Å². The molecule has 0 saturated heterocycles. The minimum absolute atomic E-state index is 0.0166. The molecule has 1 N–H and O–H groups in total. The van der Waals surface area contributed by atoms with Crippen LogP contribution in [0.25, 0.3) is 22.3 Å². The van der Waals surface area contributed by atoms with E-state index in [1.807, 2.05) is 6.92 Å². The summed E-state index contributed by atoms with van der Waals surface area (Å²) >= 11 is 0. The Morgan fingerprint density at radius 3 is 2.18 bits per heavy atom. The minimum Gasteiger partial charge on any atom is -0.502 e. The molecule has 0 amide bonds. The third-order valence-electron chi connectivity index (χ3n) is 5.01. The summed E-state index contributed by atoms with van der Waals surface area (Å²) in [6.07, 6.45) is 0. The van der Waals surface area contributed by atoms with Gasteiger partial charge in [0.25, 0.3) is 0 Å². The van der Waals surface area contributed by atoms with Crippen molar-refractivity contribution in [3.8, 4) is 34.3 Å². The fourth-order valence-corrected chi connectivity index (χ4v) is 4.20. The van der Waals surface area contributed by atoms with E-state index in [2.05, 4.69) is 0 Å². The minimum atomic E-state index is -4.37. The molecular weight excluding hydrogens is 448 g/mol. The average molecular weight is 468 g/mol. The number of rotatable bonds is 6. The van der Waals surface area contributed by atoms with Gasteiger partial charge in [0.05, 0.1) is 14.2 Å². The lowest BCUT2D eigenvalue weighted by molar-refractivity contribution is 0.362. The molecule has 9 heteroatoms. The molecule has 0 fully saturated rings. The van der Waals surface area contributed by atoms with Crippen LogP contribution in [0.2, 0.25) is 0 Å². The van der Waals surface area contributed by atoms with Gasteiger partial charge in [0.15, 0.2) is 11.2 Å². The molecule has 0 aliphatic carbocycles. The zero-order valence-corrected chi connectivity index (χ0v) is 18.8. The highest BCUT2D eigenvalue weighted by Gasteiger charge is 2.26. The Morgan fingerprint density at radius 1 is 0.909 bits per heavy atom. The van der Waals surface area contributed by atoms with Crippen LogP contribution in [0.15, 0.2) is 74.8 Å². The van der Waals surface area contributed by atoms with Crippen LogP contribution in [-0.2, 0) is 10.1 Å². The van der Waals surface area contributed by atoms with Crippen LogP contribution in [0.4, 0.5) is 0 Å². The molecule has 0 radical (unpaired) electrons. The van der Waals surface area contributed by atoms with E-state index in [1.165, 1.54) is 38.5 Å². The first kappa shape index (κ1) is 22.2. The zero-order chi connectivity index (χ0) is 23.8. The van der Waals surface area contributed by atoms with E-state index in [9.17, 15) is 18.3 Å². The third-order valence-corrected chi connectivity index (χ3v) is 6.25. The van der Waals surface area contributed by atoms with Gasteiger partial charge in [-0.05, 0) is 43.3 Å². The lowest BCUT2D eigenvalue weighted by Gasteiger charge is -2.14. The fraction of sp³-hybridized carbons (Fsp3) is 0.125. The number of aromatic hydroxyl groups is 1. The Hall–Kier alpha value is -3.98. The van der Waals surface area contributed by atoms with Gasteiger partial charge in [-0.15, -0.1) is 0 Å². The Morgan fingerprint density at radius 2 is 1.58 bits per heavy atom. The van der Waals surface area contributed by atoms with E-state index in [0.717, 1.165) is 5.56 Å². The SMILES string of the molecule is COc1ccc(-c2cc(=O)c3c(OS(=O)(=O)c4ccc(C)cc4)c(O)c(OC)cc3o2)cc1. The van der Waals surface area contributed by atoms with Crippen molar-refractivity contribution >= 4 is 21.1 Å². The first-order chi connectivity index (χ1) is 15.7. The molecule has 0 unspecified atom stereocenters. The van der Waals surface area contributed by atoms with Gasteiger partial charge >= 0.3 is 10.1 Å². The second kappa shape index (κ2) is 8.51. The summed E-state index contributed by atoms with van der Waals surface area (Å²) in [4.78, 5) is 12.9. The van der Waals surface area contributed by atoms with Crippen molar-refractivity contribution in [1.29, 1.82) is 0 Å². The van der Waals surface area contributed by atoms with E-state index >= 15 is 0 Å². The predicted molar refractivity (Wildman–Crippen MR) is 122 cm³/mol. The Kier molecular flexibility index (Phi) is 5.73. The van der Waals surface area contributed by atoms with Gasteiger partial charge in [-0.3, -0.25) is 4.79 Å². The monoisotopic (exact) mass is 468 g/mol. The summed E-state index contributed by atoms with van der Waals surface area (Å²) in [5.41, 5.74) is 0.832. The van der Waals surface area contributed by atoms with Crippen molar-refractivity contribution in [2.75, 3.05) is 14.2 Å². The molecule has 33 heavy (non-hydrogen) atoms. The van der Waals surface area contributed by atoms with Crippen LogP contribution >= 0.6 is 0 Å². The Labute approximate surface area is 189 Å². The van der Waals surface area contributed by atoms with Gasteiger partial charge in [-0.2, -0.15) is 8.42 Å². The fourth-order valence-electron chi connectivity index (χ4n) is 3.25. The molecule has 0 bridgehead atoms. The maximum absolute atomic E-state index is 13.0. The van der Waals surface area contributed by atoms with Crippen LogP contribution in [0.5, 0.6) is 23.0 Å². The number of hydrogen-bond donors (Lipinski definition) is 1. The van der Waals surface area contributed by atoms with Gasteiger partial charge < -0.3 is 23.2 Å². The van der Waals surface area contributed by atoms with Crippen LogP contribution in [0.1, 0.15) is 5.56 Å². The van der Waals surface area contributed by atoms with Crippen molar-refractivity contribution in [3.63, 3.8) is 0 Å². The Balaban J connectivity index is 1.89. The normalized spacial score (nSPS) is 11.4. The number of phenolic OH excluding ortho intramolecular Hbond substituents is 1. The van der Waals surface area contributed by atoms with Gasteiger partial charge in [-0.25, -0.2) is 0 Å². The molecule has 3 aromatic carbocycles. The van der Waals surface area contributed by atoms with Crippen LogP contribution in [-0.4, -0.2) is 27.7 Å². The summed E-state index contributed by atoms with van der Waals surface area (Å²) in [5.74, 6) is -0.461. The van der Waals surface area contributed by atoms with Crippen molar-refractivity contribution in [3.05, 3.63) is 76.5 Å². The van der Waals surface area contributed by atoms with Gasteiger partial charge in [0, 0.05) is 17.7 Å². The number of phenols is 1. The molecule has 4 rings (SSSR count). The van der Waals surface area contributed by atoms with Crippen molar-refractivity contribution in [2.24, 2.45) is 0 Å². The van der Waals surface area contributed by atoms with E-state index < -0.39 is 27.0 Å². The lowest BCUT2D eigenvalue weighted by atomic mass is 10.1. The highest BCUT2D eigenvalue weighted by Crippen LogP contribution is 2.43. The Bertz CT molecular complexity index is 1490. The lowest BCUT2D eigenvalue weighted by Crippen LogP contribution is -2.12. The van der Waals surface area contributed by atoms with Crippen LogP contribution in [0.3, 0.4) is 0 Å². The van der Waals surface area contributed by atoms with Crippen molar-refractivity contribution < 1.29 is 31.6 Å². The maximum atomic E-state index is 13.0. The molecule has 0 aliphatic heterocycles. The molecule has 8 nitrogen and oxygen atoms in total. The first-order valence-electron chi connectivity index (χ1n) is 9.77. The molecule has 170 valence electrons. The summed E-state index contributed by atoms with van der Waals surface area (Å²) in [7, 11) is -1.55. The summed E-state index contributed by atoms with van der Waals surface area (Å²) in [6, 6.07) is 15.3. The first-order valence-corrected chi connectivity index (χ1v) is 11.2. The summed E-state index contributed by atoms with van der Waals surface area (Å²) < 4.78 is 47.1. The summed E-state index contributed by atoms with van der Waals surface area (Å²) in [5, 5.41) is 10.4. The van der Waals surface area contributed by atoms with Gasteiger partial charge in [0.2, 0.25) is 11.5 Å². The molecule has 1 heterocycles. The maximum Gasteiger partial charge on any atom is 0.339 e. The molecule has 0 aliphatic rings. The van der Waals surface area contributed by atoms with Crippen molar-refractivity contribution in [2.45, 2.75) is 11.8 Å². The standard InChI is InChI=1S/C24H20O8S/c1-14-4-10-17(11-5-14)33(27,28)32-24-22-18(25)12-19(15-6-8-16(29-2)9-7-15)31-20(22)13-21(30-3)23(24)26/h4-13,26H,1-3H3. The molecule has 1 aromatic heterocycles. The van der Waals surface area contributed by atoms with E-state index in [-0.39, 0.29) is 27.4 Å².